The Hall–Kier alpha value is -1.30. The van der Waals surface area contributed by atoms with Crippen molar-refractivity contribution >= 4 is 45.9 Å². The molecule has 0 radical (unpaired) electrons. The molecule has 0 saturated heterocycles. The number of nitro groups is 1. The molecule has 1 aromatic heterocycles. The predicted octanol–water partition coefficient (Wildman–Crippen LogP) is 4.88. The fourth-order valence-electron chi connectivity index (χ4n) is 1.59. The molecule has 0 amide bonds. The van der Waals surface area contributed by atoms with Gasteiger partial charge in [-0.1, -0.05) is 23.2 Å². The summed E-state index contributed by atoms with van der Waals surface area (Å²) in [7, 11) is 0. The first-order valence-electron chi connectivity index (χ1n) is 5.40. The van der Waals surface area contributed by atoms with Gasteiger partial charge in [-0.15, -0.1) is 11.3 Å². The number of nitrogens with zero attached hydrogens (tertiary/aromatic N) is 1. The van der Waals surface area contributed by atoms with Crippen LogP contribution in [0.1, 0.15) is 9.75 Å². The minimum atomic E-state index is -0.524. The Balaban J connectivity index is 2.18. The van der Waals surface area contributed by atoms with E-state index in [1.54, 1.807) is 11.3 Å². The third-order valence-corrected chi connectivity index (χ3v) is 4.07. The van der Waals surface area contributed by atoms with Gasteiger partial charge >= 0.3 is 0 Å². The minimum Gasteiger partial charge on any atom is -0.378 e. The van der Waals surface area contributed by atoms with Gasteiger partial charge in [0.25, 0.3) is 5.69 Å². The van der Waals surface area contributed by atoms with Gasteiger partial charge in [-0.25, -0.2) is 0 Å². The summed E-state index contributed by atoms with van der Waals surface area (Å²) in [5.41, 5.74) is 0.396. The Bertz CT molecular complexity index is 605. The predicted molar refractivity (Wildman–Crippen MR) is 79.5 cm³/mol. The number of nitrogens with one attached hydrogen (secondary N) is 1. The van der Waals surface area contributed by atoms with Crippen molar-refractivity contribution in [2.24, 2.45) is 0 Å². The lowest BCUT2D eigenvalue weighted by Gasteiger charge is -2.09. The molecule has 4 nitrogen and oxygen atoms in total. The molecular formula is C12H10Cl2N2O2S. The number of hydrogen-bond acceptors (Lipinski definition) is 4. The zero-order valence-electron chi connectivity index (χ0n) is 9.94. The van der Waals surface area contributed by atoms with Crippen molar-refractivity contribution in [1.82, 2.24) is 0 Å². The van der Waals surface area contributed by atoms with Gasteiger partial charge < -0.3 is 5.32 Å². The van der Waals surface area contributed by atoms with Crippen LogP contribution in [0.4, 0.5) is 11.4 Å². The Labute approximate surface area is 124 Å². The van der Waals surface area contributed by atoms with Crippen molar-refractivity contribution in [3.63, 3.8) is 0 Å². The maximum atomic E-state index is 10.7. The molecule has 0 spiro atoms. The molecule has 1 aromatic carbocycles. The number of rotatable bonds is 4. The largest absolute Gasteiger partial charge is 0.378 e. The lowest BCUT2D eigenvalue weighted by Crippen LogP contribution is -2.00. The Morgan fingerprint density at radius 1 is 1.32 bits per heavy atom. The van der Waals surface area contributed by atoms with E-state index in [0.717, 1.165) is 4.88 Å². The number of non-ortho nitro benzene ring substituents is 1. The molecule has 1 heterocycles. The van der Waals surface area contributed by atoms with Crippen molar-refractivity contribution in [3.05, 3.63) is 54.2 Å². The van der Waals surface area contributed by atoms with Crippen LogP contribution in [0.3, 0.4) is 0 Å². The fourth-order valence-corrected chi connectivity index (χ4v) is 3.03. The topological polar surface area (TPSA) is 55.2 Å². The number of benzene rings is 1. The molecule has 0 bridgehead atoms. The van der Waals surface area contributed by atoms with E-state index in [4.69, 9.17) is 23.2 Å². The van der Waals surface area contributed by atoms with Crippen molar-refractivity contribution in [1.29, 1.82) is 0 Å². The quantitative estimate of drug-likeness (QED) is 0.645. The van der Waals surface area contributed by atoms with E-state index >= 15 is 0 Å². The van der Waals surface area contributed by atoms with E-state index in [1.807, 2.05) is 19.1 Å². The Morgan fingerprint density at radius 3 is 2.42 bits per heavy atom. The molecular weight excluding hydrogens is 307 g/mol. The number of nitro benzene ring substituents is 1. The van der Waals surface area contributed by atoms with Crippen LogP contribution >= 0.6 is 34.5 Å². The highest BCUT2D eigenvalue weighted by Gasteiger charge is 2.14. The average molecular weight is 317 g/mol. The molecule has 0 aliphatic carbocycles. The van der Waals surface area contributed by atoms with Crippen LogP contribution in [0.5, 0.6) is 0 Å². The van der Waals surface area contributed by atoms with Gasteiger partial charge in [0.2, 0.25) is 0 Å². The maximum absolute atomic E-state index is 10.7. The lowest BCUT2D eigenvalue weighted by molar-refractivity contribution is -0.384. The van der Waals surface area contributed by atoms with Gasteiger partial charge in [0.15, 0.2) is 0 Å². The summed E-state index contributed by atoms with van der Waals surface area (Å²) < 4.78 is 0. The van der Waals surface area contributed by atoms with Crippen LogP contribution in [-0.4, -0.2) is 4.92 Å². The SMILES string of the molecule is Cc1ccc(CNc2c(Cl)cc([N+](=O)[O-])cc2Cl)s1. The molecule has 100 valence electrons. The van der Waals surface area contributed by atoms with Gasteiger partial charge in [-0.3, -0.25) is 10.1 Å². The maximum Gasteiger partial charge on any atom is 0.272 e. The van der Waals surface area contributed by atoms with Crippen molar-refractivity contribution < 1.29 is 4.92 Å². The fraction of sp³-hybridized carbons (Fsp3) is 0.167. The normalized spacial score (nSPS) is 10.5. The zero-order valence-corrected chi connectivity index (χ0v) is 12.3. The smallest absolute Gasteiger partial charge is 0.272 e. The van der Waals surface area contributed by atoms with Crippen molar-refractivity contribution in [3.8, 4) is 0 Å². The summed E-state index contributed by atoms with van der Waals surface area (Å²) in [6.45, 7) is 2.61. The molecule has 0 atom stereocenters. The van der Waals surface area contributed by atoms with E-state index in [-0.39, 0.29) is 15.7 Å². The van der Waals surface area contributed by atoms with Crippen LogP contribution in [0.2, 0.25) is 10.0 Å². The second-order valence-corrected chi connectivity index (χ2v) is 6.09. The number of hydrogen-bond donors (Lipinski definition) is 1. The first-order valence-corrected chi connectivity index (χ1v) is 6.97. The molecule has 7 heteroatoms. The van der Waals surface area contributed by atoms with Crippen LogP contribution < -0.4 is 5.32 Å². The summed E-state index contributed by atoms with van der Waals surface area (Å²) in [5, 5.41) is 14.3. The second-order valence-electron chi connectivity index (χ2n) is 3.91. The van der Waals surface area contributed by atoms with E-state index in [0.29, 0.717) is 12.2 Å². The molecule has 19 heavy (non-hydrogen) atoms. The molecule has 2 rings (SSSR count). The number of halogens is 2. The van der Waals surface area contributed by atoms with Crippen LogP contribution in [-0.2, 0) is 6.54 Å². The molecule has 0 fully saturated rings. The third kappa shape index (κ3) is 3.37. The van der Waals surface area contributed by atoms with Crippen molar-refractivity contribution in [2.45, 2.75) is 13.5 Å². The second kappa shape index (κ2) is 5.77. The number of anilines is 1. The van der Waals surface area contributed by atoms with E-state index in [2.05, 4.69) is 5.32 Å². The molecule has 2 aromatic rings. The van der Waals surface area contributed by atoms with E-state index < -0.39 is 4.92 Å². The Kier molecular flexibility index (Phi) is 4.29. The first-order chi connectivity index (χ1) is 8.97. The highest BCUT2D eigenvalue weighted by molar-refractivity contribution is 7.11. The third-order valence-electron chi connectivity index (χ3n) is 2.47. The van der Waals surface area contributed by atoms with E-state index in [1.165, 1.54) is 17.0 Å². The summed E-state index contributed by atoms with van der Waals surface area (Å²) in [5.74, 6) is 0. The monoisotopic (exact) mass is 316 g/mol. The molecule has 0 saturated carbocycles. The van der Waals surface area contributed by atoms with Gasteiger partial charge in [-0.05, 0) is 19.1 Å². The van der Waals surface area contributed by atoms with Gasteiger partial charge in [0.1, 0.15) is 0 Å². The molecule has 0 aliphatic heterocycles. The van der Waals surface area contributed by atoms with Crippen LogP contribution in [0.15, 0.2) is 24.3 Å². The van der Waals surface area contributed by atoms with Gasteiger partial charge in [0.05, 0.1) is 20.7 Å². The summed E-state index contributed by atoms with van der Waals surface area (Å²) >= 11 is 13.7. The summed E-state index contributed by atoms with van der Waals surface area (Å²) in [6.07, 6.45) is 0. The minimum absolute atomic E-state index is 0.118. The van der Waals surface area contributed by atoms with E-state index in [9.17, 15) is 10.1 Å². The zero-order chi connectivity index (χ0) is 14.0. The van der Waals surface area contributed by atoms with Gasteiger partial charge in [0, 0.05) is 28.4 Å². The van der Waals surface area contributed by atoms with Crippen molar-refractivity contribution in [2.75, 3.05) is 5.32 Å². The summed E-state index contributed by atoms with van der Waals surface area (Å²) in [4.78, 5) is 12.5. The Morgan fingerprint density at radius 2 is 1.95 bits per heavy atom. The molecule has 0 unspecified atom stereocenters. The highest BCUT2D eigenvalue weighted by atomic mass is 35.5. The first kappa shape index (κ1) is 14.1. The van der Waals surface area contributed by atoms with Gasteiger partial charge in [-0.2, -0.15) is 0 Å². The standard InChI is InChI=1S/C12H10Cl2N2O2S/c1-7-2-3-9(19-7)6-15-12-10(13)4-8(16(17)18)5-11(12)14/h2-5,15H,6H2,1H3. The molecule has 1 N–H and O–H groups in total. The number of aryl methyl sites for hydroxylation is 1. The van der Waals surface area contributed by atoms with Crippen LogP contribution in [0.25, 0.3) is 0 Å². The average Bonchev–Trinajstić information content (AvgIpc) is 2.73. The lowest BCUT2D eigenvalue weighted by atomic mass is 10.2. The highest BCUT2D eigenvalue weighted by Crippen LogP contribution is 2.35. The number of thiophene rings is 1. The molecule has 0 aliphatic rings. The van der Waals surface area contributed by atoms with Crippen LogP contribution in [0, 0.1) is 17.0 Å². The summed E-state index contributed by atoms with van der Waals surface area (Å²) in [6, 6.07) is 6.62.